The van der Waals surface area contributed by atoms with E-state index in [0.29, 0.717) is 6.42 Å². The number of sulfone groups is 1. The van der Waals surface area contributed by atoms with Gasteiger partial charge in [-0.2, -0.15) is 13.2 Å². The molecule has 6 nitrogen and oxygen atoms in total. The van der Waals surface area contributed by atoms with Gasteiger partial charge < -0.3 is 5.11 Å². The second-order valence-electron chi connectivity index (χ2n) is 9.64. The predicted octanol–water partition coefficient (Wildman–Crippen LogP) is 5.28. The maximum atomic E-state index is 14.3. The molecule has 1 unspecified atom stereocenters. The summed E-state index contributed by atoms with van der Waals surface area (Å²) in [7, 11) is -7.61. The average Bonchev–Trinajstić information content (AvgIpc) is 3.75. The first-order chi connectivity index (χ1) is 18.8. The van der Waals surface area contributed by atoms with Crippen LogP contribution in [-0.4, -0.2) is 40.4 Å². The summed E-state index contributed by atoms with van der Waals surface area (Å²) in [6, 6.07) is 17.3. The summed E-state index contributed by atoms with van der Waals surface area (Å²) in [5.74, 6) is 4.21. The molecular formula is C29H28F3NO5S2. The lowest BCUT2D eigenvalue weighted by Crippen LogP contribution is -2.41. The summed E-state index contributed by atoms with van der Waals surface area (Å²) in [6.45, 7) is 1.80. The van der Waals surface area contributed by atoms with Crippen molar-refractivity contribution in [3.05, 3.63) is 90.0 Å². The maximum Gasteiger partial charge on any atom is 0.433 e. The number of aliphatic hydroxyl groups is 1. The first-order valence-corrected chi connectivity index (χ1v) is 15.7. The van der Waals surface area contributed by atoms with Crippen LogP contribution < -0.4 is 4.31 Å². The lowest BCUT2D eigenvalue weighted by Gasteiger charge is -2.29. The van der Waals surface area contributed by atoms with Crippen molar-refractivity contribution in [2.45, 2.75) is 47.8 Å². The van der Waals surface area contributed by atoms with E-state index >= 15 is 0 Å². The topological polar surface area (TPSA) is 91.8 Å². The molecule has 4 rings (SSSR count). The molecule has 1 aliphatic carbocycles. The van der Waals surface area contributed by atoms with Gasteiger partial charge in [0.15, 0.2) is 9.84 Å². The third kappa shape index (κ3) is 6.35. The van der Waals surface area contributed by atoms with Crippen LogP contribution in [0, 0.1) is 17.8 Å². The Kier molecular flexibility index (Phi) is 8.36. The van der Waals surface area contributed by atoms with Gasteiger partial charge in [-0.3, -0.25) is 4.31 Å². The SMILES string of the molecule is CCCS(=O)(=O)c1ccc(C#CC(O)(c2cccc(N(CC3CC3)S(=O)(=O)c3ccccc3)c2)C(F)(F)F)cc1. The molecule has 1 saturated carbocycles. The molecule has 0 bridgehead atoms. The molecule has 3 aromatic carbocycles. The van der Waals surface area contributed by atoms with Crippen molar-refractivity contribution in [3.8, 4) is 11.8 Å². The normalized spacial score (nSPS) is 15.5. The van der Waals surface area contributed by atoms with E-state index in [4.69, 9.17) is 0 Å². The highest BCUT2D eigenvalue weighted by molar-refractivity contribution is 7.92. The third-order valence-electron chi connectivity index (χ3n) is 6.49. The second kappa shape index (κ2) is 11.3. The van der Waals surface area contributed by atoms with Crippen LogP contribution in [0.4, 0.5) is 18.9 Å². The highest BCUT2D eigenvalue weighted by Crippen LogP contribution is 2.41. The minimum atomic E-state index is -5.23. The van der Waals surface area contributed by atoms with Crippen molar-refractivity contribution < 1.29 is 35.1 Å². The van der Waals surface area contributed by atoms with E-state index in [9.17, 15) is 35.1 Å². The van der Waals surface area contributed by atoms with Gasteiger partial charge in [0, 0.05) is 17.7 Å². The number of nitrogens with zero attached hydrogens (tertiary/aromatic N) is 1. The minimum absolute atomic E-state index is 0.00340. The summed E-state index contributed by atoms with van der Waals surface area (Å²) in [6.07, 6.45) is -3.22. The number of benzene rings is 3. The molecule has 0 saturated heterocycles. The number of alkyl halides is 3. The molecule has 0 spiro atoms. The summed E-state index contributed by atoms with van der Waals surface area (Å²) in [5, 5.41) is 10.9. The van der Waals surface area contributed by atoms with Gasteiger partial charge in [-0.25, -0.2) is 16.8 Å². The Morgan fingerprint density at radius 2 is 1.55 bits per heavy atom. The molecule has 1 aliphatic rings. The highest BCUT2D eigenvalue weighted by atomic mass is 32.2. The van der Waals surface area contributed by atoms with Crippen molar-refractivity contribution in [2.24, 2.45) is 5.92 Å². The van der Waals surface area contributed by atoms with Crippen molar-refractivity contribution in [1.82, 2.24) is 0 Å². The van der Waals surface area contributed by atoms with E-state index < -0.39 is 37.2 Å². The van der Waals surface area contributed by atoms with Crippen molar-refractivity contribution >= 4 is 25.5 Å². The van der Waals surface area contributed by atoms with Crippen LogP contribution in [0.25, 0.3) is 0 Å². The molecule has 0 amide bonds. The molecule has 0 aliphatic heterocycles. The Bertz CT molecular complexity index is 1620. The van der Waals surface area contributed by atoms with Crippen molar-refractivity contribution in [2.75, 3.05) is 16.6 Å². The fraction of sp³-hybridized carbons (Fsp3) is 0.310. The van der Waals surface area contributed by atoms with Gasteiger partial charge in [-0.15, -0.1) is 0 Å². The highest BCUT2D eigenvalue weighted by Gasteiger charge is 2.54. The minimum Gasteiger partial charge on any atom is -0.366 e. The lowest BCUT2D eigenvalue weighted by atomic mass is 9.92. The number of rotatable bonds is 9. The third-order valence-corrected chi connectivity index (χ3v) is 10.2. The van der Waals surface area contributed by atoms with Gasteiger partial charge in [0.05, 0.1) is 21.2 Å². The number of hydrogen-bond donors (Lipinski definition) is 1. The fourth-order valence-electron chi connectivity index (χ4n) is 4.08. The summed E-state index contributed by atoms with van der Waals surface area (Å²) < 4.78 is 95.3. The monoisotopic (exact) mass is 591 g/mol. The van der Waals surface area contributed by atoms with Crippen LogP contribution in [0.3, 0.4) is 0 Å². The van der Waals surface area contributed by atoms with E-state index in [2.05, 4.69) is 5.92 Å². The number of halogens is 3. The molecule has 1 N–H and O–H groups in total. The van der Waals surface area contributed by atoms with E-state index in [0.717, 1.165) is 29.3 Å². The van der Waals surface area contributed by atoms with Crippen LogP contribution in [0.1, 0.15) is 37.3 Å². The maximum absolute atomic E-state index is 14.3. The second-order valence-corrected chi connectivity index (χ2v) is 13.6. The molecule has 0 heterocycles. The van der Waals surface area contributed by atoms with E-state index in [1.807, 2.05) is 5.92 Å². The van der Waals surface area contributed by atoms with E-state index in [1.54, 1.807) is 25.1 Å². The first kappa shape index (κ1) is 29.6. The van der Waals surface area contributed by atoms with Gasteiger partial charge in [-0.1, -0.05) is 43.2 Å². The number of sulfonamides is 1. The molecule has 1 fully saturated rings. The van der Waals surface area contributed by atoms with Gasteiger partial charge >= 0.3 is 6.18 Å². The van der Waals surface area contributed by atoms with Crippen LogP contribution in [0.2, 0.25) is 0 Å². The van der Waals surface area contributed by atoms with Crippen molar-refractivity contribution in [3.63, 3.8) is 0 Å². The Morgan fingerprint density at radius 3 is 2.12 bits per heavy atom. The smallest absolute Gasteiger partial charge is 0.366 e. The Morgan fingerprint density at radius 1 is 0.900 bits per heavy atom. The molecule has 3 aromatic rings. The molecular weight excluding hydrogens is 563 g/mol. The van der Waals surface area contributed by atoms with Crippen LogP contribution in [-0.2, 0) is 25.5 Å². The summed E-state index contributed by atoms with van der Waals surface area (Å²) in [4.78, 5) is 0.0189. The lowest BCUT2D eigenvalue weighted by molar-refractivity contribution is -0.240. The van der Waals surface area contributed by atoms with Gasteiger partial charge in [0.25, 0.3) is 10.0 Å². The molecule has 0 radical (unpaired) electrons. The number of hydrogen-bond acceptors (Lipinski definition) is 5. The molecule has 1 atom stereocenters. The quantitative estimate of drug-likeness (QED) is 0.342. The first-order valence-electron chi connectivity index (χ1n) is 12.6. The Hall–Kier alpha value is -3.33. The zero-order valence-corrected chi connectivity index (χ0v) is 23.2. The van der Waals surface area contributed by atoms with Gasteiger partial charge in [-0.05, 0) is 79.6 Å². The predicted molar refractivity (Wildman–Crippen MR) is 146 cm³/mol. The molecule has 0 aromatic heterocycles. The van der Waals surface area contributed by atoms with Crippen molar-refractivity contribution in [1.29, 1.82) is 0 Å². The van der Waals surface area contributed by atoms with Gasteiger partial charge in [0.2, 0.25) is 5.60 Å². The number of anilines is 1. The Labute approximate surface area is 232 Å². The van der Waals surface area contributed by atoms with E-state index in [1.165, 1.54) is 48.5 Å². The van der Waals surface area contributed by atoms with Gasteiger partial charge in [0.1, 0.15) is 0 Å². The summed E-state index contributed by atoms with van der Waals surface area (Å²) >= 11 is 0. The standard InChI is InChI=1S/C29H28F3NO5S2/c1-2-19-39(35,36)26-15-13-22(14-16-26)17-18-28(34,29(30,31)32)24-7-6-8-25(20-24)33(21-23-11-12-23)40(37,38)27-9-4-3-5-10-27/h3-10,13-16,20,23,34H,2,11-12,19,21H2,1H3. The van der Waals surface area contributed by atoms with Crippen LogP contribution in [0.15, 0.2) is 88.7 Å². The fourth-order valence-corrected chi connectivity index (χ4v) is 6.96. The van der Waals surface area contributed by atoms with Crippen LogP contribution in [0.5, 0.6) is 0 Å². The zero-order valence-electron chi connectivity index (χ0n) is 21.6. The molecule has 40 heavy (non-hydrogen) atoms. The zero-order chi connectivity index (χ0) is 29.2. The average molecular weight is 592 g/mol. The summed E-state index contributed by atoms with van der Waals surface area (Å²) in [5.41, 5.74) is -4.23. The molecule has 212 valence electrons. The van der Waals surface area contributed by atoms with Crippen LogP contribution >= 0.6 is 0 Å². The Balaban J connectivity index is 1.74. The van der Waals surface area contributed by atoms with E-state index in [-0.39, 0.29) is 39.3 Å². The largest absolute Gasteiger partial charge is 0.433 e. The molecule has 11 heteroatoms.